The third-order valence-electron chi connectivity index (χ3n) is 5.05. The van der Waals surface area contributed by atoms with E-state index in [2.05, 4.69) is 47.5 Å². The van der Waals surface area contributed by atoms with Crippen LogP contribution < -0.4 is 5.73 Å². The molecule has 0 bridgehead atoms. The van der Waals surface area contributed by atoms with E-state index in [1.54, 1.807) is 11.3 Å². The van der Waals surface area contributed by atoms with E-state index >= 15 is 0 Å². The predicted molar refractivity (Wildman–Crippen MR) is 83.9 cm³/mol. The van der Waals surface area contributed by atoms with Crippen LogP contribution in [0, 0.1) is 11.3 Å². The monoisotopic (exact) mass is 329 g/mol. The molecule has 1 aliphatic rings. The fourth-order valence-corrected chi connectivity index (χ4v) is 4.91. The lowest BCUT2D eigenvalue weighted by atomic mass is 9.65. The summed E-state index contributed by atoms with van der Waals surface area (Å²) < 4.78 is 1.20. The maximum Gasteiger partial charge on any atom is 0.0429 e. The molecule has 0 aliphatic heterocycles. The van der Waals surface area contributed by atoms with Gasteiger partial charge in [0.2, 0.25) is 0 Å². The Morgan fingerprint density at radius 3 is 2.44 bits per heavy atom. The number of halogens is 1. The van der Waals surface area contributed by atoms with Crippen LogP contribution in [0.4, 0.5) is 0 Å². The van der Waals surface area contributed by atoms with E-state index in [0.717, 1.165) is 18.8 Å². The van der Waals surface area contributed by atoms with Gasteiger partial charge in [-0.3, -0.25) is 0 Å². The summed E-state index contributed by atoms with van der Waals surface area (Å²) in [6, 6.07) is 0. The molecule has 0 radical (unpaired) electrons. The second-order valence-electron chi connectivity index (χ2n) is 6.41. The summed E-state index contributed by atoms with van der Waals surface area (Å²) in [6.07, 6.45) is 6.03. The number of thiophene rings is 1. The lowest BCUT2D eigenvalue weighted by Gasteiger charge is -2.43. The van der Waals surface area contributed by atoms with Crippen LogP contribution in [-0.4, -0.2) is 0 Å². The summed E-state index contributed by atoms with van der Waals surface area (Å²) in [4.78, 5) is 0. The van der Waals surface area contributed by atoms with Gasteiger partial charge < -0.3 is 5.73 Å². The van der Waals surface area contributed by atoms with Gasteiger partial charge in [-0.05, 0) is 63.9 Å². The first-order chi connectivity index (χ1) is 8.39. The maximum atomic E-state index is 6.65. The Kier molecular flexibility index (Phi) is 4.25. The fraction of sp³-hybridized carbons (Fsp3) is 0.733. The predicted octanol–water partition coefficient (Wildman–Crippen LogP) is 5.29. The summed E-state index contributed by atoms with van der Waals surface area (Å²) in [6.45, 7) is 7.11. The molecule has 18 heavy (non-hydrogen) atoms. The quantitative estimate of drug-likeness (QED) is 0.800. The van der Waals surface area contributed by atoms with Crippen molar-refractivity contribution in [3.8, 4) is 0 Å². The Balaban J connectivity index is 2.09. The highest BCUT2D eigenvalue weighted by atomic mass is 79.9. The molecule has 1 saturated carbocycles. The molecular weight excluding hydrogens is 306 g/mol. The summed E-state index contributed by atoms with van der Waals surface area (Å²) in [7, 11) is 0. The molecule has 1 aromatic heterocycles. The molecule has 0 aromatic carbocycles. The van der Waals surface area contributed by atoms with Crippen LogP contribution in [0.1, 0.15) is 58.4 Å². The first-order valence-corrected chi connectivity index (χ1v) is 8.64. The first-order valence-electron chi connectivity index (χ1n) is 6.90. The molecule has 0 unspecified atom stereocenters. The van der Waals surface area contributed by atoms with E-state index in [9.17, 15) is 0 Å². The van der Waals surface area contributed by atoms with Gasteiger partial charge in [-0.25, -0.2) is 0 Å². The molecule has 1 aromatic rings. The van der Waals surface area contributed by atoms with E-state index in [0.29, 0.717) is 5.41 Å². The number of hydrogen-bond donors (Lipinski definition) is 1. The summed E-state index contributed by atoms with van der Waals surface area (Å²) in [5.74, 6) is 0.830. The molecular formula is C15H24BrNS. The second-order valence-corrected chi connectivity index (χ2v) is 8.00. The van der Waals surface area contributed by atoms with Crippen molar-refractivity contribution in [2.24, 2.45) is 17.1 Å². The van der Waals surface area contributed by atoms with Gasteiger partial charge in [-0.2, -0.15) is 11.3 Å². The molecule has 0 spiro atoms. The van der Waals surface area contributed by atoms with Gasteiger partial charge in [0.15, 0.2) is 0 Å². The lowest BCUT2D eigenvalue weighted by molar-refractivity contribution is 0.115. The SMILES string of the molecule is CCC(C)(C)C1CCC(N)(c2cscc2Br)CC1. The van der Waals surface area contributed by atoms with E-state index in [1.165, 1.54) is 29.3 Å². The molecule has 2 rings (SSSR count). The molecule has 0 amide bonds. The van der Waals surface area contributed by atoms with Crippen molar-refractivity contribution in [1.82, 2.24) is 0 Å². The van der Waals surface area contributed by atoms with Crippen molar-refractivity contribution >= 4 is 27.3 Å². The van der Waals surface area contributed by atoms with E-state index in [4.69, 9.17) is 5.73 Å². The third-order valence-corrected chi connectivity index (χ3v) is 6.75. The van der Waals surface area contributed by atoms with E-state index in [-0.39, 0.29) is 5.54 Å². The van der Waals surface area contributed by atoms with Crippen LogP contribution in [0.5, 0.6) is 0 Å². The lowest BCUT2D eigenvalue weighted by Crippen LogP contribution is -2.42. The van der Waals surface area contributed by atoms with Crippen LogP contribution >= 0.6 is 27.3 Å². The van der Waals surface area contributed by atoms with Crippen molar-refractivity contribution < 1.29 is 0 Å². The van der Waals surface area contributed by atoms with Crippen molar-refractivity contribution in [1.29, 1.82) is 0 Å². The molecule has 1 aliphatic carbocycles. The molecule has 2 N–H and O–H groups in total. The smallest absolute Gasteiger partial charge is 0.0429 e. The van der Waals surface area contributed by atoms with Gasteiger partial charge in [-0.15, -0.1) is 0 Å². The third kappa shape index (κ3) is 2.68. The van der Waals surface area contributed by atoms with Crippen LogP contribution in [0.25, 0.3) is 0 Å². The molecule has 1 heterocycles. The van der Waals surface area contributed by atoms with Crippen molar-refractivity contribution in [3.63, 3.8) is 0 Å². The van der Waals surface area contributed by atoms with Crippen molar-refractivity contribution in [3.05, 3.63) is 20.8 Å². The highest BCUT2D eigenvalue weighted by Gasteiger charge is 2.39. The van der Waals surface area contributed by atoms with Crippen LogP contribution in [0.3, 0.4) is 0 Å². The summed E-state index contributed by atoms with van der Waals surface area (Å²) in [5.41, 5.74) is 8.34. The number of rotatable bonds is 3. The minimum atomic E-state index is -0.0981. The normalized spacial score (nSPS) is 29.5. The largest absolute Gasteiger partial charge is 0.321 e. The first kappa shape index (κ1) is 14.5. The maximum absolute atomic E-state index is 6.65. The highest BCUT2D eigenvalue weighted by molar-refractivity contribution is 9.10. The molecule has 0 saturated heterocycles. The average Bonchev–Trinajstić information content (AvgIpc) is 2.77. The zero-order valence-corrected chi connectivity index (χ0v) is 14.0. The van der Waals surface area contributed by atoms with Gasteiger partial charge in [0.1, 0.15) is 0 Å². The summed E-state index contributed by atoms with van der Waals surface area (Å²) >= 11 is 5.38. The number of hydrogen-bond acceptors (Lipinski definition) is 2. The van der Waals surface area contributed by atoms with Gasteiger partial charge in [0.05, 0.1) is 0 Å². The van der Waals surface area contributed by atoms with Crippen molar-refractivity contribution in [2.45, 2.75) is 58.4 Å². The highest BCUT2D eigenvalue weighted by Crippen LogP contribution is 2.47. The molecule has 1 nitrogen and oxygen atoms in total. The standard InChI is InChI=1S/C15H24BrNS/c1-4-14(2,3)11-5-7-15(17,8-6-11)12-9-18-10-13(12)16/h9-11H,4-8,17H2,1-3H3. The van der Waals surface area contributed by atoms with Crippen LogP contribution in [-0.2, 0) is 5.54 Å². The van der Waals surface area contributed by atoms with Gasteiger partial charge in [-0.1, -0.05) is 27.2 Å². The van der Waals surface area contributed by atoms with Gasteiger partial charge >= 0.3 is 0 Å². The second kappa shape index (κ2) is 5.26. The topological polar surface area (TPSA) is 26.0 Å². The Hall–Kier alpha value is 0.140. The van der Waals surface area contributed by atoms with Crippen molar-refractivity contribution in [2.75, 3.05) is 0 Å². The zero-order valence-electron chi connectivity index (χ0n) is 11.6. The van der Waals surface area contributed by atoms with E-state index in [1.807, 2.05) is 0 Å². The van der Waals surface area contributed by atoms with Crippen LogP contribution in [0.15, 0.2) is 15.2 Å². The van der Waals surface area contributed by atoms with Gasteiger partial charge in [0.25, 0.3) is 0 Å². The average molecular weight is 330 g/mol. The zero-order chi connectivity index (χ0) is 13.4. The van der Waals surface area contributed by atoms with Crippen LogP contribution in [0.2, 0.25) is 0 Å². The molecule has 1 fully saturated rings. The molecule has 3 heteroatoms. The fourth-order valence-electron chi connectivity index (χ4n) is 3.11. The Bertz CT molecular complexity index is 402. The Labute approximate surface area is 123 Å². The minimum absolute atomic E-state index is 0.0981. The summed E-state index contributed by atoms with van der Waals surface area (Å²) in [5, 5.41) is 4.36. The van der Waals surface area contributed by atoms with E-state index < -0.39 is 0 Å². The number of nitrogens with two attached hydrogens (primary N) is 1. The van der Waals surface area contributed by atoms with Gasteiger partial charge in [0, 0.05) is 15.4 Å². The Morgan fingerprint density at radius 1 is 1.39 bits per heavy atom. The Morgan fingerprint density at radius 2 is 2.00 bits per heavy atom. The molecule has 102 valence electrons. The molecule has 0 atom stereocenters. The minimum Gasteiger partial charge on any atom is -0.321 e.